The van der Waals surface area contributed by atoms with Crippen molar-refractivity contribution in [3.05, 3.63) is 45.2 Å². The van der Waals surface area contributed by atoms with Crippen molar-refractivity contribution in [1.29, 1.82) is 0 Å². The average molecular weight is 566 g/mol. The molecule has 0 radical (unpaired) electrons. The van der Waals surface area contributed by atoms with E-state index in [0.717, 1.165) is 10.8 Å². The summed E-state index contributed by atoms with van der Waals surface area (Å²) in [7, 11) is 2.77. The van der Waals surface area contributed by atoms with Gasteiger partial charge in [0.2, 0.25) is 0 Å². The van der Waals surface area contributed by atoms with Crippen LogP contribution in [-0.2, 0) is 29.1 Å². The van der Waals surface area contributed by atoms with Gasteiger partial charge in [-0.2, -0.15) is 5.10 Å². The number of benzene rings is 1. The molecule has 0 bridgehead atoms. The van der Waals surface area contributed by atoms with Gasteiger partial charge in [-0.3, -0.25) is 14.3 Å². The Morgan fingerprint density at radius 2 is 2.06 bits per heavy atom. The van der Waals surface area contributed by atoms with Crippen molar-refractivity contribution in [1.82, 2.24) is 19.7 Å². The zero-order valence-corrected chi connectivity index (χ0v) is 20.7. The Morgan fingerprint density at radius 1 is 1.34 bits per heavy atom. The van der Waals surface area contributed by atoms with Crippen molar-refractivity contribution < 1.29 is 36.7 Å². The van der Waals surface area contributed by atoms with Crippen LogP contribution in [0.25, 0.3) is 0 Å². The molecule has 0 saturated heterocycles. The van der Waals surface area contributed by atoms with Crippen LogP contribution in [-0.4, -0.2) is 71.5 Å². The fourth-order valence-electron chi connectivity index (χ4n) is 3.67. The van der Waals surface area contributed by atoms with Crippen LogP contribution in [0.15, 0.2) is 16.6 Å². The lowest BCUT2D eigenvalue weighted by Gasteiger charge is -2.33. The molecule has 3 heterocycles. The second kappa shape index (κ2) is 11.4. The second-order valence-electron chi connectivity index (χ2n) is 7.84. The summed E-state index contributed by atoms with van der Waals surface area (Å²) in [6.45, 7) is 2.27. The average Bonchev–Trinajstić information content (AvgIpc) is 3.06. The smallest absolute Gasteiger partial charge is 0.322 e. The molecule has 2 aliphatic heterocycles. The van der Waals surface area contributed by atoms with Crippen LogP contribution in [0.2, 0.25) is 0 Å². The molecule has 0 unspecified atom stereocenters. The number of amides is 3. The normalized spacial score (nSPS) is 17.4. The van der Waals surface area contributed by atoms with Gasteiger partial charge in [0.1, 0.15) is 23.9 Å². The number of aromatic nitrogens is 2. The molecule has 3 amide bonds. The summed E-state index contributed by atoms with van der Waals surface area (Å²) in [4.78, 5) is 32.3. The lowest BCUT2D eigenvalue weighted by atomic mass is 9.99. The molecule has 14 heteroatoms. The Kier molecular flexibility index (Phi) is 8.72. The van der Waals surface area contributed by atoms with Crippen molar-refractivity contribution in [3.8, 4) is 0 Å². The van der Waals surface area contributed by atoms with E-state index in [2.05, 4.69) is 31.1 Å². The van der Waals surface area contributed by atoms with E-state index < -0.39 is 30.7 Å². The summed E-state index contributed by atoms with van der Waals surface area (Å²) < 4.78 is 55.0. The highest BCUT2D eigenvalue weighted by molar-refractivity contribution is 9.10. The first kappa shape index (κ1) is 26.9. The van der Waals surface area contributed by atoms with E-state index in [1.165, 1.54) is 25.1 Å². The van der Waals surface area contributed by atoms with E-state index in [1.807, 2.05) is 6.92 Å². The van der Waals surface area contributed by atoms with E-state index in [9.17, 15) is 27.2 Å². The van der Waals surface area contributed by atoms with E-state index in [1.54, 1.807) is 4.68 Å². The van der Waals surface area contributed by atoms with Gasteiger partial charge >= 0.3 is 6.03 Å². The standard InChI is InChI=1S/C18H18BrF2N5O3.C3H6F2O/c1-9-5-14-10(16-17(27)24(2)29-4-3-26(16)23-14)8-25(9)18(28)22-15-6-11(19)12(20)7-13(15)21;1-6-2-3(4)5/h6-7,9H,3-5,8H2,1-2H3,(H,22,28);3H,2H2,1H3/t9-;/m1./s1. The van der Waals surface area contributed by atoms with Crippen LogP contribution in [0.4, 0.5) is 28.0 Å². The first-order valence-electron chi connectivity index (χ1n) is 10.5. The van der Waals surface area contributed by atoms with Gasteiger partial charge in [-0.15, -0.1) is 0 Å². The number of urea groups is 1. The molecule has 9 nitrogen and oxygen atoms in total. The number of ether oxygens (including phenoxy) is 1. The number of halogens is 5. The maximum absolute atomic E-state index is 14.0. The number of anilines is 1. The number of rotatable bonds is 3. The Hall–Kier alpha value is -2.71. The Labute approximate surface area is 207 Å². The highest BCUT2D eigenvalue weighted by Gasteiger charge is 2.36. The summed E-state index contributed by atoms with van der Waals surface area (Å²) in [6, 6.07) is 1.09. The summed E-state index contributed by atoms with van der Waals surface area (Å²) >= 11 is 2.98. The number of nitrogens with zero attached hydrogens (tertiary/aromatic N) is 4. The molecule has 0 saturated carbocycles. The van der Waals surface area contributed by atoms with Crippen LogP contribution in [0.3, 0.4) is 0 Å². The molecule has 192 valence electrons. The lowest BCUT2D eigenvalue weighted by molar-refractivity contribution is -0.103. The molecular weight excluding hydrogens is 542 g/mol. The largest absolute Gasteiger partial charge is 0.379 e. The number of hydrogen-bond donors (Lipinski definition) is 1. The highest BCUT2D eigenvalue weighted by atomic mass is 79.9. The van der Waals surface area contributed by atoms with Gasteiger partial charge in [0.05, 0.1) is 35.6 Å². The minimum Gasteiger partial charge on any atom is -0.379 e. The first-order chi connectivity index (χ1) is 16.5. The molecule has 1 N–H and O–H groups in total. The van der Waals surface area contributed by atoms with Gasteiger partial charge in [-0.05, 0) is 28.9 Å². The van der Waals surface area contributed by atoms with Crippen molar-refractivity contribution in [2.75, 3.05) is 32.7 Å². The SMILES string of the molecule is COCC(F)F.C[C@@H]1Cc2nn3c(c2CN1C(=O)Nc1cc(Br)c(F)cc1F)C(=O)N(C)OCC3. The first-order valence-corrected chi connectivity index (χ1v) is 11.3. The third kappa shape index (κ3) is 6.11. The summed E-state index contributed by atoms with van der Waals surface area (Å²) in [5.74, 6) is -1.97. The van der Waals surface area contributed by atoms with E-state index in [0.29, 0.717) is 36.9 Å². The van der Waals surface area contributed by atoms with Crippen LogP contribution < -0.4 is 5.32 Å². The molecule has 4 rings (SSSR count). The maximum atomic E-state index is 14.0. The Bertz CT molecular complexity index is 1100. The van der Waals surface area contributed by atoms with Gasteiger partial charge in [0.25, 0.3) is 12.3 Å². The number of carbonyl (C=O) groups excluding carboxylic acids is 2. The Morgan fingerprint density at radius 3 is 2.69 bits per heavy atom. The Balaban J connectivity index is 0.000000509. The molecule has 0 fully saturated rings. The number of fused-ring (bicyclic) bond motifs is 3. The molecule has 0 spiro atoms. The van der Waals surface area contributed by atoms with Gasteiger partial charge in [-0.1, -0.05) is 0 Å². The van der Waals surface area contributed by atoms with Gasteiger partial charge in [0.15, 0.2) is 0 Å². The molecule has 1 atom stereocenters. The predicted molar refractivity (Wildman–Crippen MR) is 120 cm³/mol. The van der Waals surface area contributed by atoms with E-state index in [4.69, 9.17) is 4.84 Å². The predicted octanol–water partition coefficient (Wildman–Crippen LogP) is 3.82. The fourth-order valence-corrected chi connectivity index (χ4v) is 4.01. The molecular formula is C21H24BrF4N5O4. The van der Waals surface area contributed by atoms with Crippen LogP contribution in [0, 0.1) is 11.6 Å². The third-order valence-corrected chi connectivity index (χ3v) is 5.97. The van der Waals surface area contributed by atoms with E-state index >= 15 is 0 Å². The third-order valence-electron chi connectivity index (χ3n) is 5.36. The summed E-state index contributed by atoms with van der Waals surface area (Å²) in [5.41, 5.74) is 1.66. The molecule has 0 aliphatic carbocycles. The zero-order chi connectivity index (χ0) is 25.9. The topological polar surface area (TPSA) is 88.9 Å². The number of alkyl halides is 2. The van der Waals surface area contributed by atoms with Crippen molar-refractivity contribution >= 4 is 33.6 Å². The van der Waals surface area contributed by atoms with Crippen molar-refractivity contribution in [2.45, 2.75) is 38.9 Å². The van der Waals surface area contributed by atoms with E-state index in [-0.39, 0.29) is 28.7 Å². The molecule has 35 heavy (non-hydrogen) atoms. The second-order valence-corrected chi connectivity index (χ2v) is 8.69. The van der Waals surface area contributed by atoms with Gasteiger partial charge in [0, 0.05) is 38.2 Å². The van der Waals surface area contributed by atoms with Crippen LogP contribution in [0.5, 0.6) is 0 Å². The molecule has 2 aliphatic rings. The minimum atomic E-state index is -2.32. The lowest BCUT2D eigenvalue weighted by Crippen LogP contribution is -2.45. The number of methoxy groups -OCH3 is 1. The maximum Gasteiger partial charge on any atom is 0.322 e. The minimum absolute atomic E-state index is 0.0405. The molecule has 1 aromatic carbocycles. The zero-order valence-electron chi connectivity index (χ0n) is 19.2. The number of carbonyl (C=O) groups is 2. The summed E-state index contributed by atoms with van der Waals surface area (Å²) in [6.07, 6.45) is -1.87. The molecule has 2 aromatic rings. The number of hydroxylamine groups is 2. The van der Waals surface area contributed by atoms with Crippen LogP contribution >= 0.6 is 15.9 Å². The van der Waals surface area contributed by atoms with Gasteiger partial charge < -0.3 is 15.0 Å². The van der Waals surface area contributed by atoms with Crippen LogP contribution in [0.1, 0.15) is 28.7 Å². The quantitative estimate of drug-likeness (QED) is 0.451. The number of hydrogen-bond acceptors (Lipinski definition) is 5. The van der Waals surface area contributed by atoms with Gasteiger partial charge in [-0.25, -0.2) is 27.4 Å². The summed E-state index contributed by atoms with van der Waals surface area (Å²) in [5, 5.41) is 8.17. The van der Waals surface area contributed by atoms with Crippen molar-refractivity contribution in [2.24, 2.45) is 0 Å². The molecule has 1 aromatic heterocycles. The van der Waals surface area contributed by atoms with Crippen molar-refractivity contribution in [3.63, 3.8) is 0 Å². The number of nitrogens with one attached hydrogen (secondary N) is 1. The fraction of sp³-hybridized carbons (Fsp3) is 0.476. The highest BCUT2D eigenvalue weighted by Crippen LogP contribution is 2.29. The monoisotopic (exact) mass is 565 g/mol.